The van der Waals surface area contributed by atoms with E-state index in [2.05, 4.69) is 14.7 Å². The van der Waals surface area contributed by atoms with Crippen molar-refractivity contribution in [2.24, 2.45) is 0 Å². The Morgan fingerprint density at radius 1 is 1.21 bits per heavy atom. The molecular formula is C20H14F2N2O4. The molecule has 0 bridgehead atoms. The van der Waals surface area contributed by atoms with Crippen molar-refractivity contribution in [2.75, 3.05) is 7.11 Å². The lowest BCUT2D eigenvalue weighted by atomic mass is 10.1. The Balaban J connectivity index is 1.92. The topological polar surface area (TPSA) is 74.5 Å². The summed E-state index contributed by atoms with van der Waals surface area (Å²) in [5.74, 6) is 0.640. The number of rotatable bonds is 5. The highest BCUT2D eigenvalue weighted by Gasteiger charge is 2.17. The zero-order chi connectivity index (χ0) is 19.8. The molecule has 0 N–H and O–H groups in total. The van der Waals surface area contributed by atoms with Gasteiger partial charge in [-0.05, 0) is 42.8 Å². The standard InChI is InChI=1S/C20H14F2N2O4/c1-10-5-12(18-14(6-10)24-17(8-23-18)28-20(21)22)16-7-13-15(27-16)4-3-11(9-25)19(13)26-2/h3-9,20H,1-2H3. The van der Waals surface area contributed by atoms with Gasteiger partial charge in [0, 0.05) is 5.56 Å². The molecule has 0 saturated carbocycles. The summed E-state index contributed by atoms with van der Waals surface area (Å²) in [6.45, 7) is -1.13. The summed E-state index contributed by atoms with van der Waals surface area (Å²) in [7, 11) is 1.48. The number of aryl methyl sites for hydroxylation is 1. The van der Waals surface area contributed by atoms with Gasteiger partial charge in [0.05, 0.1) is 35.3 Å². The number of hydrogen-bond acceptors (Lipinski definition) is 6. The van der Waals surface area contributed by atoms with Crippen molar-refractivity contribution in [3.8, 4) is 23.0 Å². The molecule has 0 unspecified atom stereocenters. The summed E-state index contributed by atoms with van der Waals surface area (Å²) in [4.78, 5) is 19.6. The summed E-state index contributed by atoms with van der Waals surface area (Å²) in [6.07, 6.45) is 1.85. The molecule has 0 amide bonds. The Bertz CT molecular complexity index is 1200. The Labute approximate surface area is 157 Å². The number of alkyl halides is 2. The first-order chi connectivity index (χ1) is 13.5. The number of fused-ring (bicyclic) bond motifs is 2. The number of carbonyl (C=O) groups is 1. The molecule has 2 heterocycles. The molecule has 4 rings (SSSR count). The van der Waals surface area contributed by atoms with Crippen LogP contribution in [0.3, 0.4) is 0 Å². The van der Waals surface area contributed by atoms with E-state index >= 15 is 0 Å². The summed E-state index contributed by atoms with van der Waals surface area (Å²) in [5.41, 5.74) is 3.29. The normalized spacial score (nSPS) is 11.3. The molecule has 28 heavy (non-hydrogen) atoms. The summed E-state index contributed by atoms with van der Waals surface area (Å²) < 4.78 is 40.5. The van der Waals surface area contributed by atoms with Gasteiger partial charge in [-0.3, -0.25) is 4.79 Å². The first-order valence-electron chi connectivity index (χ1n) is 8.28. The molecule has 2 aromatic heterocycles. The molecular weight excluding hydrogens is 370 g/mol. The summed E-state index contributed by atoms with van der Waals surface area (Å²) >= 11 is 0. The van der Waals surface area contributed by atoms with Gasteiger partial charge in [0.1, 0.15) is 17.1 Å². The minimum absolute atomic E-state index is 0.263. The minimum Gasteiger partial charge on any atom is -0.495 e. The Kier molecular flexibility index (Phi) is 4.38. The number of carbonyl (C=O) groups excluding carboxylic acids is 1. The van der Waals surface area contributed by atoms with E-state index < -0.39 is 6.61 Å². The van der Waals surface area contributed by atoms with Gasteiger partial charge in [0.2, 0.25) is 5.88 Å². The highest BCUT2D eigenvalue weighted by Crippen LogP contribution is 2.37. The van der Waals surface area contributed by atoms with Gasteiger partial charge in [0.15, 0.2) is 6.29 Å². The van der Waals surface area contributed by atoms with Gasteiger partial charge in [-0.25, -0.2) is 9.97 Å². The number of benzene rings is 2. The van der Waals surface area contributed by atoms with Crippen LogP contribution in [-0.4, -0.2) is 30.0 Å². The minimum atomic E-state index is -2.98. The van der Waals surface area contributed by atoms with Crippen LogP contribution in [0.4, 0.5) is 8.78 Å². The third kappa shape index (κ3) is 3.02. The molecule has 0 radical (unpaired) electrons. The Hall–Kier alpha value is -3.55. The van der Waals surface area contributed by atoms with Crippen LogP contribution < -0.4 is 9.47 Å². The highest BCUT2D eigenvalue weighted by molar-refractivity contribution is 5.98. The predicted molar refractivity (Wildman–Crippen MR) is 98.1 cm³/mol. The van der Waals surface area contributed by atoms with E-state index in [1.807, 2.05) is 13.0 Å². The Morgan fingerprint density at radius 2 is 2.04 bits per heavy atom. The van der Waals surface area contributed by atoms with Crippen LogP contribution in [0, 0.1) is 6.92 Å². The molecule has 0 aliphatic heterocycles. The predicted octanol–water partition coefficient (Wildman–Crippen LogP) is 4.77. The summed E-state index contributed by atoms with van der Waals surface area (Å²) in [5, 5.41) is 0.641. The van der Waals surface area contributed by atoms with E-state index in [1.165, 1.54) is 7.11 Å². The molecule has 4 aromatic rings. The van der Waals surface area contributed by atoms with Crippen molar-refractivity contribution in [1.82, 2.24) is 9.97 Å². The van der Waals surface area contributed by atoms with Crippen LogP contribution in [0.1, 0.15) is 15.9 Å². The van der Waals surface area contributed by atoms with Crippen LogP contribution in [0.25, 0.3) is 33.3 Å². The number of methoxy groups -OCH3 is 1. The first-order valence-corrected chi connectivity index (χ1v) is 8.28. The third-order valence-corrected chi connectivity index (χ3v) is 4.26. The van der Waals surface area contributed by atoms with Crippen LogP contribution in [0.2, 0.25) is 0 Å². The fourth-order valence-corrected chi connectivity index (χ4v) is 3.14. The van der Waals surface area contributed by atoms with Gasteiger partial charge in [-0.15, -0.1) is 0 Å². The van der Waals surface area contributed by atoms with E-state index in [4.69, 9.17) is 9.15 Å². The first kappa shape index (κ1) is 17.8. The second kappa shape index (κ2) is 6.88. The van der Waals surface area contributed by atoms with Gasteiger partial charge < -0.3 is 13.9 Å². The van der Waals surface area contributed by atoms with E-state index in [1.54, 1.807) is 24.3 Å². The van der Waals surface area contributed by atoms with Crippen LogP contribution in [0.15, 0.2) is 40.9 Å². The number of furan rings is 1. The SMILES string of the molecule is COc1c(C=O)ccc2oc(-c3cc(C)cc4nc(OC(F)F)cnc34)cc12. The lowest BCUT2D eigenvalue weighted by Gasteiger charge is -2.07. The van der Waals surface area contributed by atoms with Gasteiger partial charge in [-0.1, -0.05) is 0 Å². The average molecular weight is 384 g/mol. The molecule has 2 aromatic carbocycles. The number of halogens is 2. The van der Waals surface area contributed by atoms with Crippen molar-refractivity contribution >= 4 is 28.3 Å². The van der Waals surface area contributed by atoms with Crippen molar-refractivity contribution in [3.63, 3.8) is 0 Å². The van der Waals surface area contributed by atoms with Crippen molar-refractivity contribution in [3.05, 3.63) is 47.7 Å². The smallest absolute Gasteiger partial charge is 0.388 e. The largest absolute Gasteiger partial charge is 0.495 e. The van der Waals surface area contributed by atoms with Crippen LogP contribution in [0.5, 0.6) is 11.6 Å². The summed E-state index contributed by atoms with van der Waals surface area (Å²) in [6, 6.07) is 8.63. The number of hydrogen-bond donors (Lipinski definition) is 0. The van der Waals surface area contributed by atoms with E-state index in [9.17, 15) is 13.6 Å². The Morgan fingerprint density at radius 3 is 2.75 bits per heavy atom. The third-order valence-electron chi connectivity index (χ3n) is 4.26. The second-order valence-electron chi connectivity index (χ2n) is 6.10. The molecule has 8 heteroatoms. The highest BCUT2D eigenvalue weighted by atomic mass is 19.3. The number of aldehydes is 1. The molecule has 0 saturated heterocycles. The maximum Gasteiger partial charge on any atom is 0.388 e. The maximum absolute atomic E-state index is 12.5. The quantitative estimate of drug-likeness (QED) is 0.461. The molecule has 0 aliphatic rings. The van der Waals surface area contributed by atoms with Crippen molar-refractivity contribution < 1.29 is 27.5 Å². The van der Waals surface area contributed by atoms with E-state index in [0.717, 1.165) is 11.8 Å². The maximum atomic E-state index is 12.5. The molecule has 0 spiro atoms. The lowest BCUT2D eigenvalue weighted by Crippen LogP contribution is -2.04. The van der Waals surface area contributed by atoms with Gasteiger partial charge in [0.25, 0.3) is 0 Å². The fraction of sp³-hybridized carbons (Fsp3) is 0.150. The van der Waals surface area contributed by atoms with Crippen molar-refractivity contribution in [2.45, 2.75) is 13.5 Å². The molecule has 0 atom stereocenters. The zero-order valence-electron chi connectivity index (χ0n) is 14.9. The van der Waals surface area contributed by atoms with Gasteiger partial charge >= 0.3 is 6.61 Å². The average Bonchev–Trinajstić information content (AvgIpc) is 3.09. The number of ether oxygens (including phenoxy) is 2. The zero-order valence-corrected chi connectivity index (χ0v) is 14.9. The van der Waals surface area contributed by atoms with Crippen LogP contribution in [-0.2, 0) is 0 Å². The van der Waals surface area contributed by atoms with Gasteiger partial charge in [-0.2, -0.15) is 8.78 Å². The molecule has 6 nitrogen and oxygen atoms in total. The monoisotopic (exact) mass is 384 g/mol. The van der Waals surface area contributed by atoms with Crippen LogP contribution >= 0.6 is 0 Å². The molecule has 142 valence electrons. The molecule has 0 fully saturated rings. The number of aromatic nitrogens is 2. The molecule has 0 aliphatic carbocycles. The van der Waals surface area contributed by atoms with Crippen molar-refractivity contribution in [1.29, 1.82) is 0 Å². The van der Waals surface area contributed by atoms with E-state index in [0.29, 0.717) is 50.9 Å². The number of nitrogens with zero attached hydrogens (tertiary/aromatic N) is 2. The fourth-order valence-electron chi connectivity index (χ4n) is 3.14. The lowest BCUT2D eigenvalue weighted by molar-refractivity contribution is -0.0528. The second-order valence-corrected chi connectivity index (χ2v) is 6.10. The van der Waals surface area contributed by atoms with E-state index in [-0.39, 0.29) is 5.88 Å².